The number of carbonyl (C=O) groups excluding carboxylic acids is 2. The van der Waals surface area contributed by atoms with Crippen LogP contribution in [0, 0.1) is 29.5 Å². The molecule has 1 saturated heterocycles. The molecule has 8 nitrogen and oxygen atoms in total. The van der Waals surface area contributed by atoms with E-state index in [-0.39, 0.29) is 47.3 Å². The molecule has 2 aromatic rings. The Kier molecular flexibility index (Phi) is 8.97. The molecule has 2 amide bonds. The second-order valence-corrected chi connectivity index (χ2v) is 10.0. The van der Waals surface area contributed by atoms with Gasteiger partial charge in [-0.3, -0.25) is 9.59 Å². The molecule has 0 bridgehead atoms. The van der Waals surface area contributed by atoms with E-state index in [9.17, 15) is 19.1 Å². The lowest BCUT2D eigenvalue weighted by atomic mass is 9.97. The predicted molar refractivity (Wildman–Crippen MR) is 139 cm³/mol. The maximum Gasteiger partial charge on any atom is 0.259 e. The minimum Gasteiger partial charge on any atom is -0.472 e. The van der Waals surface area contributed by atoms with Gasteiger partial charge in [-0.05, 0) is 38.0 Å². The van der Waals surface area contributed by atoms with Crippen molar-refractivity contribution in [3.05, 3.63) is 59.0 Å². The number of carbonyl (C=O) groups is 2. The molecule has 4 rings (SSSR count). The van der Waals surface area contributed by atoms with Crippen LogP contribution in [0.15, 0.2) is 36.5 Å². The van der Waals surface area contributed by atoms with Crippen molar-refractivity contribution in [2.75, 3.05) is 40.0 Å². The minimum absolute atomic E-state index is 0.0507. The molecular weight excluding hydrogens is 489 g/mol. The van der Waals surface area contributed by atoms with Crippen molar-refractivity contribution in [1.82, 2.24) is 14.8 Å². The first-order valence-electron chi connectivity index (χ1n) is 13.0. The molecule has 3 atom stereocenters. The number of halogens is 1. The number of fused-ring (bicyclic) bond motifs is 1. The summed E-state index contributed by atoms with van der Waals surface area (Å²) in [6, 6.07) is 7.34. The van der Waals surface area contributed by atoms with Gasteiger partial charge < -0.3 is 24.4 Å². The molecule has 38 heavy (non-hydrogen) atoms. The van der Waals surface area contributed by atoms with Gasteiger partial charge in [-0.25, -0.2) is 9.37 Å². The third-order valence-electron chi connectivity index (χ3n) is 7.14. The molecule has 1 fully saturated rings. The van der Waals surface area contributed by atoms with Crippen LogP contribution in [-0.2, 0) is 9.53 Å². The second-order valence-electron chi connectivity index (χ2n) is 10.0. The standard InChI is InChI=1S/C29H34FN3O5/c1-19-16-33(20(2)18-34)29(36)24-14-21(8-9-22-6-4-5-7-25(22)30)15-31-27(24)38-26(19)17-32(3)28(35)23-10-12-37-13-11-23/h4-7,14-15,19-20,23,26,34H,10-13,16-18H2,1-3H3/t19-,20-,26+/m0/s1. The molecule has 2 aliphatic heterocycles. The van der Waals surface area contributed by atoms with Gasteiger partial charge in [0.1, 0.15) is 17.5 Å². The Bertz CT molecular complexity index is 1220. The van der Waals surface area contributed by atoms with E-state index in [1.807, 2.05) is 6.92 Å². The Morgan fingerprint density at radius 3 is 2.74 bits per heavy atom. The van der Waals surface area contributed by atoms with Crippen LogP contribution in [-0.4, -0.2) is 83.8 Å². The number of benzene rings is 1. The zero-order valence-electron chi connectivity index (χ0n) is 22.0. The lowest BCUT2D eigenvalue weighted by molar-refractivity contribution is -0.138. The van der Waals surface area contributed by atoms with E-state index in [1.165, 1.54) is 12.3 Å². The molecule has 0 unspecified atom stereocenters. The lowest BCUT2D eigenvalue weighted by Gasteiger charge is -2.38. The first-order chi connectivity index (χ1) is 18.3. The number of aliphatic hydroxyl groups is 1. The fourth-order valence-corrected chi connectivity index (χ4v) is 4.71. The van der Waals surface area contributed by atoms with Crippen LogP contribution in [0.3, 0.4) is 0 Å². The van der Waals surface area contributed by atoms with Crippen LogP contribution in [0.5, 0.6) is 5.88 Å². The molecule has 0 spiro atoms. The van der Waals surface area contributed by atoms with Crippen molar-refractivity contribution in [2.24, 2.45) is 11.8 Å². The Morgan fingerprint density at radius 2 is 2.03 bits per heavy atom. The van der Waals surface area contributed by atoms with Crippen molar-refractivity contribution >= 4 is 11.8 Å². The van der Waals surface area contributed by atoms with Gasteiger partial charge in [-0.15, -0.1) is 0 Å². The van der Waals surface area contributed by atoms with Crippen LogP contribution in [0.25, 0.3) is 0 Å². The highest BCUT2D eigenvalue weighted by atomic mass is 19.1. The summed E-state index contributed by atoms with van der Waals surface area (Å²) < 4.78 is 25.7. The average Bonchev–Trinajstić information content (AvgIpc) is 2.94. The van der Waals surface area contributed by atoms with Crippen LogP contribution in [0.2, 0.25) is 0 Å². The number of pyridine rings is 1. The van der Waals surface area contributed by atoms with Gasteiger partial charge in [-0.2, -0.15) is 0 Å². The number of amides is 2. The Hall–Kier alpha value is -3.48. The first kappa shape index (κ1) is 27.6. The van der Waals surface area contributed by atoms with E-state index in [0.29, 0.717) is 44.7 Å². The molecule has 1 aromatic carbocycles. The number of aliphatic hydroxyl groups excluding tert-OH is 1. The number of hydrogen-bond donors (Lipinski definition) is 1. The zero-order chi connectivity index (χ0) is 27.2. The van der Waals surface area contributed by atoms with Crippen LogP contribution < -0.4 is 4.74 Å². The predicted octanol–water partition coefficient (Wildman–Crippen LogP) is 2.73. The van der Waals surface area contributed by atoms with Gasteiger partial charge >= 0.3 is 0 Å². The maximum atomic E-state index is 14.0. The molecule has 1 N–H and O–H groups in total. The quantitative estimate of drug-likeness (QED) is 0.606. The zero-order valence-corrected chi connectivity index (χ0v) is 22.0. The molecule has 0 saturated carbocycles. The summed E-state index contributed by atoms with van der Waals surface area (Å²) >= 11 is 0. The molecule has 0 radical (unpaired) electrons. The smallest absolute Gasteiger partial charge is 0.259 e. The Labute approximate surface area is 222 Å². The van der Waals surface area contributed by atoms with Crippen molar-refractivity contribution < 1.29 is 28.6 Å². The summed E-state index contributed by atoms with van der Waals surface area (Å²) in [5.41, 5.74) is 0.877. The van der Waals surface area contributed by atoms with E-state index >= 15 is 0 Å². The topological polar surface area (TPSA) is 92.2 Å². The second kappa shape index (κ2) is 12.4. The summed E-state index contributed by atoms with van der Waals surface area (Å²) in [7, 11) is 1.77. The third-order valence-corrected chi connectivity index (χ3v) is 7.14. The minimum atomic E-state index is -0.439. The normalized spacial score (nSPS) is 20.8. The summed E-state index contributed by atoms with van der Waals surface area (Å²) in [6.45, 7) is 5.34. The highest BCUT2D eigenvalue weighted by Gasteiger charge is 2.35. The van der Waals surface area contributed by atoms with Crippen LogP contribution in [0.4, 0.5) is 4.39 Å². The Morgan fingerprint density at radius 1 is 1.29 bits per heavy atom. The van der Waals surface area contributed by atoms with Crippen LogP contribution in [0.1, 0.15) is 48.2 Å². The summed E-state index contributed by atoms with van der Waals surface area (Å²) in [5.74, 6) is 4.87. The maximum absolute atomic E-state index is 14.0. The monoisotopic (exact) mass is 523 g/mol. The van der Waals surface area contributed by atoms with E-state index in [2.05, 4.69) is 16.8 Å². The molecule has 0 aliphatic carbocycles. The van der Waals surface area contributed by atoms with Crippen molar-refractivity contribution in [3.8, 4) is 17.7 Å². The number of likely N-dealkylation sites (N-methyl/N-ethyl adjacent to an activating group) is 1. The van der Waals surface area contributed by atoms with E-state index in [0.717, 1.165) is 0 Å². The van der Waals surface area contributed by atoms with Crippen LogP contribution >= 0.6 is 0 Å². The van der Waals surface area contributed by atoms with Gasteiger partial charge in [-0.1, -0.05) is 30.9 Å². The van der Waals surface area contributed by atoms with Gasteiger partial charge in [0.2, 0.25) is 11.8 Å². The largest absolute Gasteiger partial charge is 0.472 e. The van der Waals surface area contributed by atoms with Crippen molar-refractivity contribution in [1.29, 1.82) is 0 Å². The van der Waals surface area contributed by atoms with Gasteiger partial charge in [0, 0.05) is 50.4 Å². The number of ether oxygens (including phenoxy) is 2. The van der Waals surface area contributed by atoms with Gasteiger partial charge in [0.25, 0.3) is 5.91 Å². The molecule has 202 valence electrons. The number of aromatic nitrogens is 1. The van der Waals surface area contributed by atoms with Gasteiger partial charge in [0.05, 0.1) is 24.8 Å². The highest BCUT2D eigenvalue weighted by molar-refractivity contribution is 5.97. The fourth-order valence-electron chi connectivity index (χ4n) is 4.71. The van der Waals surface area contributed by atoms with E-state index in [1.54, 1.807) is 48.0 Å². The molecular formula is C29H34FN3O5. The summed E-state index contributed by atoms with van der Waals surface area (Å²) in [4.78, 5) is 34.3. The Balaban J connectivity index is 1.63. The lowest BCUT2D eigenvalue weighted by Crippen LogP contribution is -2.51. The fraction of sp³-hybridized carbons (Fsp3) is 0.483. The van der Waals surface area contributed by atoms with Crippen molar-refractivity contribution in [2.45, 2.75) is 38.8 Å². The van der Waals surface area contributed by atoms with Crippen molar-refractivity contribution in [3.63, 3.8) is 0 Å². The first-order valence-corrected chi connectivity index (χ1v) is 13.0. The van der Waals surface area contributed by atoms with Gasteiger partial charge in [0.15, 0.2) is 0 Å². The molecule has 2 aliphatic rings. The average molecular weight is 524 g/mol. The number of rotatable bonds is 5. The number of nitrogens with zero attached hydrogens (tertiary/aromatic N) is 3. The summed E-state index contributed by atoms with van der Waals surface area (Å²) in [5, 5.41) is 9.86. The highest BCUT2D eigenvalue weighted by Crippen LogP contribution is 2.28. The summed E-state index contributed by atoms with van der Waals surface area (Å²) in [6.07, 6.45) is 2.44. The molecule has 3 heterocycles. The number of hydrogen-bond acceptors (Lipinski definition) is 6. The molecule has 9 heteroatoms. The van der Waals surface area contributed by atoms with E-state index < -0.39 is 18.0 Å². The SMILES string of the molecule is C[C@H]1CN([C@@H](C)CO)C(=O)c2cc(C#Cc3ccccc3F)cnc2O[C@@H]1CN(C)C(=O)C1CCOCC1. The molecule has 1 aromatic heterocycles. The third kappa shape index (κ3) is 6.32. The van der Waals surface area contributed by atoms with E-state index in [4.69, 9.17) is 9.47 Å².